The van der Waals surface area contributed by atoms with Gasteiger partial charge in [0.05, 0.1) is 5.75 Å². The Morgan fingerprint density at radius 2 is 2.47 bits per heavy atom. The highest BCUT2D eigenvalue weighted by Gasteiger charge is 2.16. The van der Waals surface area contributed by atoms with Crippen LogP contribution in [0.15, 0.2) is 11.8 Å². The highest BCUT2D eigenvalue weighted by Crippen LogP contribution is 2.21. The van der Waals surface area contributed by atoms with Gasteiger partial charge in [-0.2, -0.15) is 0 Å². The Morgan fingerprint density at radius 1 is 1.73 bits per heavy atom. The first-order valence-corrected chi connectivity index (χ1v) is 6.47. The molecule has 0 aromatic rings. The highest BCUT2D eigenvalue weighted by molar-refractivity contribution is 8.00. The summed E-state index contributed by atoms with van der Waals surface area (Å²) in [5.41, 5.74) is 6.68. The van der Waals surface area contributed by atoms with Crippen LogP contribution in [0.5, 0.6) is 0 Å². The van der Waals surface area contributed by atoms with Crippen molar-refractivity contribution in [1.82, 2.24) is 4.90 Å². The van der Waals surface area contributed by atoms with Crippen molar-refractivity contribution in [3.8, 4) is 0 Å². The van der Waals surface area contributed by atoms with Gasteiger partial charge in [-0.25, -0.2) is 0 Å². The number of rotatable bonds is 5. The standard InChI is InChI=1S/C11H20N2OS/c1-9(7-12)15-8-11(14)13(2)10-5-3-4-6-10/h5,9H,3-4,6-8,12H2,1-2H3. The van der Waals surface area contributed by atoms with Crippen molar-refractivity contribution in [3.05, 3.63) is 11.8 Å². The summed E-state index contributed by atoms with van der Waals surface area (Å²) >= 11 is 1.63. The van der Waals surface area contributed by atoms with Crippen LogP contribution in [0.3, 0.4) is 0 Å². The zero-order valence-electron chi connectivity index (χ0n) is 9.53. The largest absolute Gasteiger partial charge is 0.329 e. The van der Waals surface area contributed by atoms with E-state index in [1.165, 1.54) is 12.1 Å². The minimum Gasteiger partial charge on any atom is -0.329 e. The van der Waals surface area contributed by atoms with E-state index in [2.05, 4.69) is 6.08 Å². The number of carbonyl (C=O) groups is 1. The SMILES string of the molecule is CC(CN)SCC(=O)N(C)C1=CCCC1. The summed E-state index contributed by atoms with van der Waals surface area (Å²) in [4.78, 5) is 13.6. The van der Waals surface area contributed by atoms with Crippen molar-refractivity contribution in [3.63, 3.8) is 0 Å². The lowest BCUT2D eigenvalue weighted by atomic mass is 10.3. The van der Waals surface area contributed by atoms with E-state index in [-0.39, 0.29) is 5.91 Å². The minimum absolute atomic E-state index is 0.188. The van der Waals surface area contributed by atoms with Crippen molar-refractivity contribution in [2.45, 2.75) is 31.4 Å². The third-order valence-corrected chi connectivity index (χ3v) is 3.82. The van der Waals surface area contributed by atoms with E-state index >= 15 is 0 Å². The van der Waals surface area contributed by atoms with E-state index in [1.54, 1.807) is 16.7 Å². The zero-order chi connectivity index (χ0) is 11.3. The molecule has 1 aliphatic rings. The molecule has 0 bridgehead atoms. The lowest BCUT2D eigenvalue weighted by Gasteiger charge is -2.19. The van der Waals surface area contributed by atoms with Gasteiger partial charge < -0.3 is 10.6 Å². The molecule has 1 atom stereocenters. The van der Waals surface area contributed by atoms with Crippen LogP contribution in [0.25, 0.3) is 0 Å². The van der Waals surface area contributed by atoms with E-state index in [0.29, 0.717) is 17.5 Å². The Hall–Kier alpha value is -0.480. The summed E-state index contributed by atoms with van der Waals surface area (Å²) in [6.07, 6.45) is 5.49. The smallest absolute Gasteiger partial charge is 0.236 e. The fourth-order valence-electron chi connectivity index (χ4n) is 1.50. The normalized spacial score (nSPS) is 17.4. The van der Waals surface area contributed by atoms with Gasteiger partial charge in [0, 0.05) is 24.5 Å². The molecule has 0 saturated carbocycles. The van der Waals surface area contributed by atoms with E-state index in [1.807, 2.05) is 14.0 Å². The second kappa shape index (κ2) is 6.18. The van der Waals surface area contributed by atoms with E-state index in [0.717, 1.165) is 12.8 Å². The van der Waals surface area contributed by atoms with Gasteiger partial charge in [0.25, 0.3) is 0 Å². The highest BCUT2D eigenvalue weighted by atomic mass is 32.2. The van der Waals surface area contributed by atoms with Crippen LogP contribution < -0.4 is 5.73 Å². The van der Waals surface area contributed by atoms with Crippen molar-refractivity contribution in [2.75, 3.05) is 19.3 Å². The van der Waals surface area contributed by atoms with Gasteiger partial charge in [0.1, 0.15) is 0 Å². The molecule has 3 nitrogen and oxygen atoms in total. The average Bonchev–Trinajstić information content (AvgIpc) is 2.77. The average molecular weight is 228 g/mol. The van der Waals surface area contributed by atoms with Crippen LogP contribution in [0.2, 0.25) is 0 Å². The summed E-state index contributed by atoms with van der Waals surface area (Å²) in [6, 6.07) is 0. The second-order valence-electron chi connectivity index (χ2n) is 3.90. The molecule has 1 aliphatic carbocycles. The van der Waals surface area contributed by atoms with Gasteiger partial charge in [-0.1, -0.05) is 13.0 Å². The van der Waals surface area contributed by atoms with Crippen molar-refractivity contribution in [1.29, 1.82) is 0 Å². The van der Waals surface area contributed by atoms with Crippen LogP contribution in [0.1, 0.15) is 26.2 Å². The number of hydrogen-bond donors (Lipinski definition) is 1. The van der Waals surface area contributed by atoms with Gasteiger partial charge in [-0.3, -0.25) is 4.79 Å². The number of allylic oxidation sites excluding steroid dienone is 2. The first-order chi connectivity index (χ1) is 7.15. The number of amides is 1. The number of nitrogens with zero attached hydrogens (tertiary/aromatic N) is 1. The summed E-state index contributed by atoms with van der Waals surface area (Å²) in [7, 11) is 1.87. The molecule has 0 aromatic carbocycles. The minimum atomic E-state index is 0.188. The maximum absolute atomic E-state index is 11.8. The molecule has 0 saturated heterocycles. The number of thioether (sulfide) groups is 1. The monoisotopic (exact) mass is 228 g/mol. The molecule has 1 amide bonds. The van der Waals surface area contributed by atoms with E-state index < -0.39 is 0 Å². The third kappa shape index (κ3) is 3.87. The van der Waals surface area contributed by atoms with Crippen molar-refractivity contribution in [2.24, 2.45) is 5.73 Å². The number of carbonyl (C=O) groups excluding carboxylic acids is 1. The predicted octanol–water partition coefficient (Wildman–Crippen LogP) is 1.59. The van der Waals surface area contributed by atoms with Crippen LogP contribution in [-0.4, -0.2) is 35.4 Å². The maximum Gasteiger partial charge on any atom is 0.236 e. The Bertz CT molecular complexity index is 253. The predicted molar refractivity (Wildman–Crippen MR) is 65.7 cm³/mol. The lowest BCUT2D eigenvalue weighted by molar-refractivity contribution is -0.125. The first-order valence-electron chi connectivity index (χ1n) is 5.42. The molecule has 0 aromatic heterocycles. The molecular weight excluding hydrogens is 208 g/mol. The van der Waals surface area contributed by atoms with Gasteiger partial charge in [0.2, 0.25) is 5.91 Å². The van der Waals surface area contributed by atoms with Crippen molar-refractivity contribution < 1.29 is 4.79 Å². The first kappa shape index (κ1) is 12.6. The summed E-state index contributed by atoms with van der Waals surface area (Å²) in [5.74, 6) is 0.722. The molecule has 0 radical (unpaired) electrons. The van der Waals surface area contributed by atoms with Crippen LogP contribution in [0.4, 0.5) is 0 Å². The van der Waals surface area contributed by atoms with Gasteiger partial charge >= 0.3 is 0 Å². The fraction of sp³-hybridized carbons (Fsp3) is 0.727. The summed E-state index contributed by atoms with van der Waals surface area (Å²) in [6.45, 7) is 2.68. The molecule has 2 N–H and O–H groups in total. The topological polar surface area (TPSA) is 46.3 Å². The van der Waals surface area contributed by atoms with E-state index in [9.17, 15) is 4.79 Å². The molecule has 86 valence electrons. The fourth-order valence-corrected chi connectivity index (χ4v) is 2.25. The Kier molecular flexibility index (Phi) is 5.19. The quantitative estimate of drug-likeness (QED) is 0.777. The molecule has 0 aliphatic heterocycles. The molecule has 4 heteroatoms. The number of hydrogen-bond acceptors (Lipinski definition) is 3. The molecule has 1 rings (SSSR count). The summed E-state index contributed by atoms with van der Waals surface area (Å²) < 4.78 is 0. The van der Waals surface area contributed by atoms with Crippen LogP contribution >= 0.6 is 11.8 Å². The molecular formula is C11H20N2OS. The zero-order valence-corrected chi connectivity index (χ0v) is 10.3. The Labute approximate surface area is 96.1 Å². The lowest BCUT2D eigenvalue weighted by Crippen LogP contribution is -2.28. The molecule has 15 heavy (non-hydrogen) atoms. The molecule has 0 heterocycles. The third-order valence-electron chi connectivity index (χ3n) is 2.65. The van der Waals surface area contributed by atoms with E-state index in [4.69, 9.17) is 5.73 Å². The van der Waals surface area contributed by atoms with Crippen LogP contribution in [-0.2, 0) is 4.79 Å². The number of nitrogens with two attached hydrogens (primary N) is 1. The summed E-state index contributed by atoms with van der Waals surface area (Å²) in [5, 5.41) is 0.361. The van der Waals surface area contributed by atoms with Gasteiger partial charge in [-0.05, 0) is 19.3 Å². The molecule has 0 spiro atoms. The van der Waals surface area contributed by atoms with Crippen molar-refractivity contribution >= 4 is 17.7 Å². The van der Waals surface area contributed by atoms with Gasteiger partial charge in [-0.15, -0.1) is 11.8 Å². The maximum atomic E-state index is 11.8. The van der Waals surface area contributed by atoms with Crippen LogP contribution in [0, 0.1) is 0 Å². The second-order valence-corrected chi connectivity index (χ2v) is 5.32. The Balaban J connectivity index is 2.33. The molecule has 0 fully saturated rings. The Morgan fingerprint density at radius 3 is 3.00 bits per heavy atom. The molecule has 1 unspecified atom stereocenters. The van der Waals surface area contributed by atoms with Gasteiger partial charge in [0.15, 0.2) is 0 Å².